The minimum atomic E-state index is 0.628. The number of rotatable bonds is 5. The summed E-state index contributed by atoms with van der Waals surface area (Å²) in [7, 11) is 1.98. The predicted molar refractivity (Wildman–Crippen MR) is 67.9 cm³/mol. The van der Waals surface area contributed by atoms with Gasteiger partial charge in [0, 0.05) is 0 Å². The average Bonchev–Trinajstić information content (AvgIpc) is 2.20. The molecule has 0 amide bonds. The second kappa shape index (κ2) is 6.37. The van der Waals surface area contributed by atoms with Gasteiger partial charge in [0.25, 0.3) is 0 Å². The molecule has 0 aliphatic rings. The summed E-state index contributed by atoms with van der Waals surface area (Å²) in [6.45, 7) is 3.30. The second-order valence-electron chi connectivity index (χ2n) is 3.95. The minimum absolute atomic E-state index is 0.628. The van der Waals surface area contributed by atoms with E-state index in [1.165, 1.54) is 12.0 Å². The van der Waals surface area contributed by atoms with Gasteiger partial charge in [0.15, 0.2) is 0 Å². The van der Waals surface area contributed by atoms with Gasteiger partial charge in [0.05, 0.1) is 10.0 Å². The molecule has 0 bridgehead atoms. The first-order valence-corrected chi connectivity index (χ1v) is 5.97. The molecule has 0 aliphatic heterocycles. The Morgan fingerprint density at radius 2 is 2.00 bits per heavy atom. The number of benzene rings is 1. The van der Waals surface area contributed by atoms with E-state index in [1.807, 2.05) is 25.2 Å². The lowest BCUT2D eigenvalue weighted by molar-refractivity contribution is 0.505. The average molecular weight is 246 g/mol. The first-order valence-electron chi connectivity index (χ1n) is 5.22. The monoisotopic (exact) mass is 245 g/mol. The van der Waals surface area contributed by atoms with Gasteiger partial charge in [-0.3, -0.25) is 0 Å². The molecule has 0 aromatic heterocycles. The van der Waals surface area contributed by atoms with E-state index in [4.69, 9.17) is 23.2 Å². The Hall–Kier alpha value is -0.240. The normalized spacial score (nSPS) is 12.8. The molecule has 0 radical (unpaired) electrons. The van der Waals surface area contributed by atoms with Crippen LogP contribution in [0.5, 0.6) is 0 Å². The summed E-state index contributed by atoms with van der Waals surface area (Å²) in [5.74, 6) is 0.685. The zero-order valence-corrected chi connectivity index (χ0v) is 10.7. The third-order valence-corrected chi connectivity index (χ3v) is 3.20. The van der Waals surface area contributed by atoms with Crippen molar-refractivity contribution in [3.63, 3.8) is 0 Å². The van der Waals surface area contributed by atoms with Gasteiger partial charge in [0.1, 0.15) is 0 Å². The van der Waals surface area contributed by atoms with Gasteiger partial charge in [-0.1, -0.05) is 36.2 Å². The van der Waals surface area contributed by atoms with Crippen molar-refractivity contribution in [1.82, 2.24) is 5.32 Å². The summed E-state index contributed by atoms with van der Waals surface area (Å²) in [6, 6.07) is 5.86. The fourth-order valence-corrected chi connectivity index (χ4v) is 1.88. The molecule has 3 heteroatoms. The second-order valence-corrected chi connectivity index (χ2v) is 4.76. The van der Waals surface area contributed by atoms with Gasteiger partial charge in [0.2, 0.25) is 0 Å². The van der Waals surface area contributed by atoms with E-state index in [1.54, 1.807) is 0 Å². The third-order valence-electron chi connectivity index (χ3n) is 2.46. The highest BCUT2D eigenvalue weighted by molar-refractivity contribution is 6.42. The predicted octanol–water partition coefficient (Wildman–Crippen LogP) is 3.78. The van der Waals surface area contributed by atoms with Crippen LogP contribution < -0.4 is 5.32 Å². The molecule has 1 unspecified atom stereocenters. The van der Waals surface area contributed by atoms with Crippen LogP contribution in [0.3, 0.4) is 0 Å². The Balaban J connectivity index is 2.47. The van der Waals surface area contributed by atoms with Gasteiger partial charge < -0.3 is 5.32 Å². The van der Waals surface area contributed by atoms with E-state index < -0.39 is 0 Å². The number of hydrogen-bond acceptors (Lipinski definition) is 1. The molecule has 0 aliphatic carbocycles. The first kappa shape index (κ1) is 12.8. The summed E-state index contributed by atoms with van der Waals surface area (Å²) < 4.78 is 0. The maximum atomic E-state index is 5.95. The lowest BCUT2D eigenvalue weighted by Gasteiger charge is -2.10. The van der Waals surface area contributed by atoms with Crippen LogP contribution in [0.1, 0.15) is 18.9 Å². The van der Waals surface area contributed by atoms with Crippen LogP contribution in [-0.4, -0.2) is 13.6 Å². The molecule has 84 valence electrons. The maximum absolute atomic E-state index is 5.95. The number of aryl methyl sites for hydroxylation is 1. The van der Waals surface area contributed by atoms with Crippen molar-refractivity contribution in [1.29, 1.82) is 0 Å². The Kier molecular flexibility index (Phi) is 5.44. The topological polar surface area (TPSA) is 12.0 Å². The van der Waals surface area contributed by atoms with Crippen molar-refractivity contribution in [2.24, 2.45) is 5.92 Å². The molecular formula is C12H17Cl2N. The standard InChI is InChI=1S/C12H17Cl2N/c1-9(8-15-2)3-4-10-5-6-11(13)12(14)7-10/h5-7,9,15H,3-4,8H2,1-2H3. The van der Waals surface area contributed by atoms with E-state index in [-0.39, 0.29) is 0 Å². The Labute approximate surface area is 102 Å². The zero-order chi connectivity index (χ0) is 11.3. The molecule has 1 atom stereocenters. The molecule has 0 saturated carbocycles. The third kappa shape index (κ3) is 4.42. The lowest BCUT2D eigenvalue weighted by atomic mass is 10.0. The quantitative estimate of drug-likeness (QED) is 0.833. The first-order chi connectivity index (χ1) is 7.13. The Morgan fingerprint density at radius 3 is 2.60 bits per heavy atom. The van der Waals surface area contributed by atoms with E-state index in [2.05, 4.69) is 12.2 Å². The van der Waals surface area contributed by atoms with Gasteiger partial charge in [-0.15, -0.1) is 0 Å². The smallest absolute Gasteiger partial charge is 0.0595 e. The lowest BCUT2D eigenvalue weighted by Crippen LogP contribution is -2.16. The highest BCUT2D eigenvalue weighted by atomic mass is 35.5. The number of hydrogen-bond donors (Lipinski definition) is 1. The van der Waals surface area contributed by atoms with E-state index in [9.17, 15) is 0 Å². The van der Waals surface area contributed by atoms with E-state index in [0.29, 0.717) is 16.0 Å². The van der Waals surface area contributed by atoms with E-state index >= 15 is 0 Å². The van der Waals surface area contributed by atoms with Crippen molar-refractivity contribution >= 4 is 23.2 Å². The van der Waals surface area contributed by atoms with Crippen LogP contribution in [0.4, 0.5) is 0 Å². The summed E-state index contributed by atoms with van der Waals surface area (Å²) in [6.07, 6.45) is 2.22. The Bertz CT molecular complexity index is 312. The molecule has 0 heterocycles. The zero-order valence-electron chi connectivity index (χ0n) is 9.19. The fourth-order valence-electron chi connectivity index (χ4n) is 1.56. The molecule has 0 saturated heterocycles. The fraction of sp³-hybridized carbons (Fsp3) is 0.500. The van der Waals surface area contributed by atoms with Crippen LogP contribution in [0.25, 0.3) is 0 Å². The highest BCUT2D eigenvalue weighted by Crippen LogP contribution is 2.23. The van der Waals surface area contributed by atoms with Crippen LogP contribution in [-0.2, 0) is 6.42 Å². The van der Waals surface area contributed by atoms with Crippen LogP contribution in [0.2, 0.25) is 10.0 Å². The molecular weight excluding hydrogens is 229 g/mol. The summed E-state index contributed by atoms with van der Waals surface area (Å²) in [4.78, 5) is 0. The molecule has 0 fully saturated rings. The number of nitrogens with one attached hydrogen (secondary N) is 1. The van der Waals surface area contributed by atoms with Gasteiger partial charge in [-0.25, -0.2) is 0 Å². The van der Waals surface area contributed by atoms with Crippen molar-refractivity contribution in [3.05, 3.63) is 33.8 Å². The van der Waals surface area contributed by atoms with Crippen LogP contribution in [0.15, 0.2) is 18.2 Å². The van der Waals surface area contributed by atoms with Gasteiger partial charge in [-0.2, -0.15) is 0 Å². The van der Waals surface area contributed by atoms with Crippen molar-refractivity contribution in [2.75, 3.05) is 13.6 Å². The molecule has 1 aromatic rings. The van der Waals surface area contributed by atoms with Crippen LogP contribution in [0, 0.1) is 5.92 Å². The summed E-state index contributed by atoms with van der Waals surface area (Å²) >= 11 is 11.8. The maximum Gasteiger partial charge on any atom is 0.0595 e. The molecule has 1 rings (SSSR count). The molecule has 1 aromatic carbocycles. The molecule has 1 N–H and O–H groups in total. The van der Waals surface area contributed by atoms with Crippen molar-refractivity contribution < 1.29 is 0 Å². The van der Waals surface area contributed by atoms with E-state index in [0.717, 1.165) is 13.0 Å². The summed E-state index contributed by atoms with van der Waals surface area (Å²) in [5, 5.41) is 4.45. The Morgan fingerprint density at radius 1 is 1.27 bits per heavy atom. The van der Waals surface area contributed by atoms with Crippen LogP contribution >= 0.6 is 23.2 Å². The highest BCUT2D eigenvalue weighted by Gasteiger charge is 2.03. The summed E-state index contributed by atoms with van der Waals surface area (Å²) in [5.41, 5.74) is 1.26. The SMILES string of the molecule is CNCC(C)CCc1ccc(Cl)c(Cl)c1. The largest absolute Gasteiger partial charge is 0.319 e. The van der Waals surface area contributed by atoms with Gasteiger partial charge >= 0.3 is 0 Å². The van der Waals surface area contributed by atoms with Crippen molar-refractivity contribution in [3.8, 4) is 0 Å². The molecule has 0 spiro atoms. The minimum Gasteiger partial charge on any atom is -0.319 e. The molecule has 1 nitrogen and oxygen atoms in total. The van der Waals surface area contributed by atoms with Gasteiger partial charge in [-0.05, 0) is 50.0 Å². The van der Waals surface area contributed by atoms with Crippen molar-refractivity contribution in [2.45, 2.75) is 19.8 Å². The molecule has 15 heavy (non-hydrogen) atoms. The number of halogens is 2.